The molecule has 136 valence electrons. The molecular formula is C19H22N4OS2. The first-order valence-corrected chi connectivity index (χ1v) is 10.3. The van der Waals surface area contributed by atoms with Crippen molar-refractivity contribution in [1.82, 2.24) is 14.8 Å². The minimum absolute atomic E-state index is 0.0412. The fourth-order valence-electron chi connectivity index (χ4n) is 2.73. The van der Waals surface area contributed by atoms with Crippen LogP contribution in [-0.2, 0) is 11.3 Å². The third kappa shape index (κ3) is 4.16. The van der Waals surface area contributed by atoms with Crippen molar-refractivity contribution >= 4 is 34.7 Å². The standard InChI is InChI=1S/C19H22N4OS2/c1-5-23-18(15-9-14(4)25-10-15)21-22-19(23)26-11-17(24)20-16-7-6-12(2)8-13(16)3/h6-10H,5,11H2,1-4H3,(H,20,24). The first kappa shape index (κ1) is 18.7. The van der Waals surface area contributed by atoms with Gasteiger partial charge in [0, 0.05) is 28.1 Å². The molecule has 2 aromatic heterocycles. The van der Waals surface area contributed by atoms with Gasteiger partial charge in [-0.05, 0) is 45.4 Å². The van der Waals surface area contributed by atoms with Gasteiger partial charge in [0.05, 0.1) is 5.75 Å². The van der Waals surface area contributed by atoms with E-state index in [9.17, 15) is 4.79 Å². The van der Waals surface area contributed by atoms with Gasteiger partial charge in [-0.2, -0.15) is 0 Å². The highest BCUT2D eigenvalue weighted by atomic mass is 32.2. The number of benzene rings is 1. The topological polar surface area (TPSA) is 59.8 Å². The minimum atomic E-state index is -0.0412. The number of amides is 1. The number of hydrogen-bond donors (Lipinski definition) is 1. The van der Waals surface area contributed by atoms with Crippen molar-refractivity contribution in [3.05, 3.63) is 45.6 Å². The Hall–Kier alpha value is -2.12. The van der Waals surface area contributed by atoms with E-state index < -0.39 is 0 Å². The molecule has 5 nitrogen and oxygen atoms in total. The van der Waals surface area contributed by atoms with Gasteiger partial charge in [0.2, 0.25) is 5.91 Å². The van der Waals surface area contributed by atoms with Gasteiger partial charge in [0.15, 0.2) is 11.0 Å². The van der Waals surface area contributed by atoms with Crippen LogP contribution in [0.2, 0.25) is 0 Å². The molecule has 0 spiro atoms. The average molecular weight is 387 g/mol. The van der Waals surface area contributed by atoms with Crippen LogP contribution in [0.5, 0.6) is 0 Å². The number of aromatic nitrogens is 3. The second-order valence-corrected chi connectivity index (χ2v) is 8.21. The second-order valence-electron chi connectivity index (χ2n) is 6.15. The smallest absolute Gasteiger partial charge is 0.234 e. The predicted molar refractivity (Wildman–Crippen MR) is 109 cm³/mol. The van der Waals surface area contributed by atoms with E-state index in [2.05, 4.69) is 51.4 Å². The fourth-order valence-corrected chi connectivity index (χ4v) is 4.21. The van der Waals surface area contributed by atoms with Crippen LogP contribution < -0.4 is 5.32 Å². The summed E-state index contributed by atoms with van der Waals surface area (Å²) in [7, 11) is 0. The molecule has 1 amide bonds. The number of nitrogens with one attached hydrogen (secondary N) is 1. The zero-order valence-electron chi connectivity index (χ0n) is 15.4. The third-order valence-corrected chi connectivity index (χ3v) is 5.84. The molecule has 0 atom stereocenters. The number of hydrogen-bond acceptors (Lipinski definition) is 5. The van der Waals surface area contributed by atoms with E-state index in [4.69, 9.17) is 0 Å². The molecule has 2 heterocycles. The normalized spacial score (nSPS) is 10.9. The van der Waals surface area contributed by atoms with E-state index in [1.807, 2.05) is 26.0 Å². The molecule has 0 saturated heterocycles. The zero-order chi connectivity index (χ0) is 18.7. The lowest BCUT2D eigenvalue weighted by Crippen LogP contribution is -2.15. The summed E-state index contributed by atoms with van der Waals surface area (Å²) in [5.74, 6) is 1.11. The predicted octanol–water partition coefficient (Wildman–Crippen LogP) is 4.68. The molecule has 0 radical (unpaired) electrons. The number of carbonyl (C=O) groups is 1. The number of carbonyl (C=O) groups excluding carboxylic acids is 1. The van der Waals surface area contributed by atoms with Gasteiger partial charge in [-0.15, -0.1) is 21.5 Å². The van der Waals surface area contributed by atoms with Crippen LogP contribution in [0.4, 0.5) is 5.69 Å². The molecular weight excluding hydrogens is 364 g/mol. The lowest BCUT2D eigenvalue weighted by atomic mass is 10.1. The first-order chi connectivity index (χ1) is 12.5. The number of aryl methyl sites for hydroxylation is 3. The molecule has 0 bridgehead atoms. The summed E-state index contributed by atoms with van der Waals surface area (Å²) in [5, 5.41) is 14.4. The van der Waals surface area contributed by atoms with Crippen molar-refractivity contribution in [2.45, 2.75) is 39.4 Å². The summed E-state index contributed by atoms with van der Waals surface area (Å²) in [6.45, 7) is 8.94. The van der Waals surface area contributed by atoms with Gasteiger partial charge in [-0.1, -0.05) is 29.5 Å². The summed E-state index contributed by atoms with van der Waals surface area (Å²) < 4.78 is 2.05. The number of thiophene rings is 1. The summed E-state index contributed by atoms with van der Waals surface area (Å²) in [4.78, 5) is 13.6. The summed E-state index contributed by atoms with van der Waals surface area (Å²) in [6, 6.07) is 8.12. The SMILES string of the molecule is CCn1c(SCC(=O)Nc2ccc(C)cc2C)nnc1-c1csc(C)c1. The molecule has 0 fully saturated rings. The number of thioether (sulfide) groups is 1. The van der Waals surface area contributed by atoms with Crippen LogP contribution in [0, 0.1) is 20.8 Å². The maximum Gasteiger partial charge on any atom is 0.234 e. The molecule has 1 N–H and O–H groups in total. The molecule has 7 heteroatoms. The van der Waals surface area contributed by atoms with Crippen molar-refractivity contribution in [2.75, 3.05) is 11.1 Å². The highest BCUT2D eigenvalue weighted by Gasteiger charge is 2.15. The van der Waals surface area contributed by atoms with E-state index in [-0.39, 0.29) is 5.91 Å². The van der Waals surface area contributed by atoms with Crippen molar-refractivity contribution in [3.63, 3.8) is 0 Å². The largest absolute Gasteiger partial charge is 0.325 e. The van der Waals surface area contributed by atoms with E-state index in [0.29, 0.717) is 5.75 Å². The number of nitrogens with zero attached hydrogens (tertiary/aromatic N) is 3. The van der Waals surface area contributed by atoms with E-state index in [1.54, 1.807) is 11.3 Å². The van der Waals surface area contributed by atoms with E-state index in [0.717, 1.165) is 34.3 Å². The summed E-state index contributed by atoms with van der Waals surface area (Å²) >= 11 is 3.11. The summed E-state index contributed by atoms with van der Waals surface area (Å²) in [5.41, 5.74) is 4.18. The lowest BCUT2D eigenvalue weighted by molar-refractivity contribution is -0.113. The Bertz CT molecular complexity index is 930. The highest BCUT2D eigenvalue weighted by molar-refractivity contribution is 7.99. The van der Waals surface area contributed by atoms with Gasteiger partial charge in [0.25, 0.3) is 0 Å². The first-order valence-electron chi connectivity index (χ1n) is 8.46. The Morgan fingerprint density at radius 2 is 2.04 bits per heavy atom. The molecule has 0 aliphatic heterocycles. The van der Waals surface area contributed by atoms with Gasteiger partial charge in [0.1, 0.15) is 0 Å². The number of rotatable bonds is 6. The van der Waals surface area contributed by atoms with Crippen LogP contribution >= 0.6 is 23.1 Å². The minimum Gasteiger partial charge on any atom is -0.325 e. The molecule has 0 unspecified atom stereocenters. The van der Waals surface area contributed by atoms with Crippen molar-refractivity contribution in [3.8, 4) is 11.4 Å². The van der Waals surface area contributed by atoms with Crippen molar-refractivity contribution < 1.29 is 4.79 Å². The zero-order valence-corrected chi connectivity index (χ0v) is 17.0. The highest BCUT2D eigenvalue weighted by Crippen LogP contribution is 2.27. The Morgan fingerprint density at radius 3 is 2.69 bits per heavy atom. The molecule has 0 aliphatic rings. The Kier molecular flexibility index (Phi) is 5.78. The van der Waals surface area contributed by atoms with Gasteiger partial charge >= 0.3 is 0 Å². The average Bonchev–Trinajstić information content (AvgIpc) is 3.21. The third-order valence-electron chi connectivity index (χ3n) is 4.01. The maximum absolute atomic E-state index is 12.3. The Labute approximate surface area is 161 Å². The maximum atomic E-state index is 12.3. The Balaban J connectivity index is 1.67. The van der Waals surface area contributed by atoms with Crippen LogP contribution in [0.15, 0.2) is 34.8 Å². The van der Waals surface area contributed by atoms with Crippen LogP contribution in [-0.4, -0.2) is 26.4 Å². The molecule has 0 saturated carbocycles. The molecule has 26 heavy (non-hydrogen) atoms. The molecule has 3 rings (SSSR count). The second kappa shape index (κ2) is 8.05. The van der Waals surface area contributed by atoms with Crippen LogP contribution in [0.25, 0.3) is 11.4 Å². The summed E-state index contributed by atoms with van der Waals surface area (Å²) in [6.07, 6.45) is 0. The molecule has 0 aliphatic carbocycles. The van der Waals surface area contributed by atoms with Crippen molar-refractivity contribution in [1.29, 1.82) is 0 Å². The van der Waals surface area contributed by atoms with E-state index >= 15 is 0 Å². The van der Waals surface area contributed by atoms with Gasteiger partial charge in [-0.3, -0.25) is 4.79 Å². The number of anilines is 1. The molecule has 1 aromatic carbocycles. The fraction of sp³-hybridized carbons (Fsp3) is 0.316. The lowest BCUT2D eigenvalue weighted by Gasteiger charge is -2.09. The van der Waals surface area contributed by atoms with E-state index in [1.165, 1.54) is 22.2 Å². The van der Waals surface area contributed by atoms with Gasteiger partial charge < -0.3 is 9.88 Å². The van der Waals surface area contributed by atoms with Crippen LogP contribution in [0.3, 0.4) is 0 Å². The van der Waals surface area contributed by atoms with Crippen LogP contribution in [0.1, 0.15) is 22.9 Å². The monoisotopic (exact) mass is 386 g/mol. The van der Waals surface area contributed by atoms with Crippen molar-refractivity contribution in [2.24, 2.45) is 0 Å². The Morgan fingerprint density at radius 1 is 1.23 bits per heavy atom. The quantitative estimate of drug-likeness (QED) is 0.625. The van der Waals surface area contributed by atoms with Gasteiger partial charge in [-0.25, -0.2) is 0 Å². The molecule has 3 aromatic rings.